The van der Waals surface area contributed by atoms with Crippen LogP contribution in [0.1, 0.15) is 13.8 Å². The van der Waals surface area contributed by atoms with Crippen molar-refractivity contribution in [3.63, 3.8) is 0 Å². The number of ether oxygens (including phenoxy) is 1. The maximum Gasteiger partial charge on any atom is 0.274 e. The number of sulfonamides is 1. The quantitative estimate of drug-likeness (QED) is 0.694. The van der Waals surface area contributed by atoms with Crippen LogP contribution in [0.25, 0.3) is 0 Å². The van der Waals surface area contributed by atoms with Crippen molar-refractivity contribution in [2.45, 2.75) is 24.8 Å². The Kier molecular flexibility index (Phi) is 4.15. The van der Waals surface area contributed by atoms with Gasteiger partial charge in [0, 0.05) is 30.9 Å². The minimum Gasteiger partial charge on any atom is -0.491 e. The first kappa shape index (κ1) is 17.2. The Morgan fingerprint density at radius 2 is 1.96 bits per heavy atom. The third-order valence-corrected chi connectivity index (χ3v) is 5.57. The fraction of sp³-hybridized carbons (Fsp3) is 0.167. The van der Waals surface area contributed by atoms with E-state index in [9.17, 15) is 8.42 Å². The van der Waals surface area contributed by atoms with Crippen LogP contribution in [-0.2, 0) is 10.0 Å². The SMILES string of the molecule is CC(C)Oc1cccc(N2C(n3ccnc3)=Nc3ccncc3S2(=O)=O)c1. The zero-order chi connectivity index (χ0) is 19.0. The fourth-order valence-corrected chi connectivity index (χ4v) is 4.28. The van der Waals surface area contributed by atoms with E-state index in [-0.39, 0.29) is 17.0 Å². The Morgan fingerprint density at radius 3 is 2.70 bits per heavy atom. The first-order valence-electron chi connectivity index (χ1n) is 8.30. The summed E-state index contributed by atoms with van der Waals surface area (Å²) in [5.41, 5.74) is 0.745. The zero-order valence-electron chi connectivity index (χ0n) is 14.7. The summed E-state index contributed by atoms with van der Waals surface area (Å²) in [6, 6.07) is 8.46. The van der Waals surface area contributed by atoms with Crippen molar-refractivity contribution in [2.24, 2.45) is 4.99 Å². The Labute approximate surface area is 156 Å². The maximum absolute atomic E-state index is 13.4. The monoisotopic (exact) mass is 383 g/mol. The van der Waals surface area contributed by atoms with Gasteiger partial charge in [0.1, 0.15) is 17.0 Å². The smallest absolute Gasteiger partial charge is 0.274 e. The Balaban J connectivity index is 1.92. The first-order chi connectivity index (χ1) is 13.0. The Hall–Kier alpha value is -3.20. The van der Waals surface area contributed by atoms with Gasteiger partial charge >= 0.3 is 0 Å². The molecule has 0 saturated carbocycles. The van der Waals surface area contributed by atoms with Crippen LogP contribution < -0.4 is 9.04 Å². The second-order valence-electron chi connectivity index (χ2n) is 6.16. The molecule has 0 N–H and O–H groups in total. The maximum atomic E-state index is 13.4. The second-order valence-corrected chi connectivity index (χ2v) is 7.91. The highest BCUT2D eigenvalue weighted by molar-refractivity contribution is 7.93. The molecule has 0 fully saturated rings. The lowest BCUT2D eigenvalue weighted by molar-refractivity contribution is 0.242. The molecule has 0 atom stereocenters. The molecule has 1 aliphatic rings. The van der Waals surface area contributed by atoms with E-state index in [1.165, 1.54) is 23.0 Å². The number of aliphatic imine (C=N–C) groups is 1. The van der Waals surface area contributed by atoms with Gasteiger partial charge in [-0.15, -0.1) is 0 Å². The molecule has 0 radical (unpaired) electrons. The molecule has 27 heavy (non-hydrogen) atoms. The Bertz CT molecular complexity index is 1110. The molecule has 0 unspecified atom stereocenters. The van der Waals surface area contributed by atoms with Gasteiger partial charge in [0.25, 0.3) is 10.0 Å². The summed E-state index contributed by atoms with van der Waals surface area (Å²) in [7, 11) is -3.92. The number of imidazole rings is 1. The summed E-state index contributed by atoms with van der Waals surface area (Å²) in [6.07, 6.45) is 7.48. The summed E-state index contributed by atoms with van der Waals surface area (Å²) in [4.78, 5) is 12.5. The van der Waals surface area contributed by atoms with Crippen molar-refractivity contribution >= 4 is 27.4 Å². The molecule has 4 rings (SSSR count). The van der Waals surface area contributed by atoms with Gasteiger partial charge in [-0.25, -0.2) is 22.7 Å². The molecule has 9 heteroatoms. The summed E-state index contributed by atoms with van der Waals surface area (Å²) < 4.78 is 35.2. The van der Waals surface area contributed by atoms with Crippen LogP contribution in [0.3, 0.4) is 0 Å². The van der Waals surface area contributed by atoms with Gasteiger partial charge in [0.05, 0.1) is 17.5 Å². The van der Waals surface area contributed by atoms with Crippen LogP contribution >= 0.6 is 0 Å². The molecular weight excluding hydrogens is 366 g/mol. The van der Waals surface area contributed by atoms with Gasteiger partial charge < -0.3 is 4.74 Å². The standard InChI is InChI=1S/C18H17N5O3S/c1-13(2)26-15-5-3-4-14(10-15)23-18(22-9-8-20-12-22)21-16-6-7-19-11-17(16)27(23,24)25/h3-13H,1-2H3. The van der Waals surface area contributed by atoms with E-state index >= 15 is 0 Å². The van der Waals surface area contributed by atoms with Crippen molar-refractivity contribution in [3.8, 4) is 5.75 Å². The molecule has 0 bridgehead atoms. The van der Waals surface area contributed by atoms with Crippen LogP contribution in [0.4, 0.5) is 11.4 Å². The molecule has 138 valence electrons. The van der Waals surface area contributed by atoms with Gasteiger partial charge in [0.2, 0.25) is 5.96 Å². The summed E-state index contributed by atoms with van der Waals surface area (Å²) in [5.74, 6) is 0.771. The molecular formula is C18H17N5O3S. The van der Waals surface area contributed by atoms with Gasteiger partial charge in [0.15, 0.2) is 0 Å². The van der Waals surface area contributed by atoms with Gasteiger partial charge in [-0.3, -0.25) is 9.55 Å². The molecule has 8 nitrogen and oxygen atoms in total. The minimum atomic E-state index is -3.92. The molecule has 1 aromatic carbocycles. The average Bonchev–Trinajstić information content (AvgIpc) is 3.15. The Morgan fingerprint density at radius 1 is 1.11 bits per heavy atom. The molecule has 0 amide bonds. The van der Waals surface area contributed by atoms with E-state index < -0.39 is 10.0 Å². The predicted molar refractivity (Wildman–Crippen MR) is 101 cm³/mol. The largest absolute Gasteiger partial charge is 0.491 e. The highest BCUT2D eigenvalue weighted by Crippen LogP contribution is 2.36. The van der Waals surface area contributed by atoms with Crippen molar-refractivity contribution < 1.29 is 13.2 Å². The van der Waals surface area contributed by atoms with Crippen molar-refractivity contribution in [3.05, 3.63) is 61.4 Å². The van der Waals surface area contributed by atoms with E-state index in [0.717, 1.165) is 0 Å². The lowest BCUT2D eigenvalue weighted by atomic mass is 10.3. The number of fused-ring (bicyclic) bond motifs is 1. The lowest BCUT2D eigenvalue weighted by Crippen LogP contribution is -2.42. The third-order valence-electron chi connectivity index (χ3n) is 3.84. The molecule has 0 spiro atoms. The predicted octanol–water partition coefficient (Wildman–Crippen LogP) is 2.81. The van der Waals surface area contributed by atoms with E-state index in [1.807, 2.05) is 13.8 Å². The topological polar surface area (TPSA) is 89.7 Å². The number of hydrogen-bond donors (Lipinski definition) is 0. The number of rotatable bonds is 3. The molecule has 1 aliphatic heterocycles. The number of aromatic nitrogens is 3. The number of benzene rings is 1. The molecule has 3 aromatic rings. The van der Waals surface area contributed by atoms with Crippen LogP contribution in [0, 0.1) is 0 Å². The van der Waals surface area contributed by atoms with Crippen LogP contribution in [0.5, 0.6) is 5.75 Å². The molecule has 2 aromatic heterocycles. The number of nitrogens with zero attached hydrogens (tertiary/aromatic N) is 5. The summed E-state index contributed by atoms with van der Waals surface area (Å²) in [5, 5.41) is 0. The molecule has 3 heterocycles. The van der Waals surface area contributed by atoms with Crippen LogP contribution in [0.15, 0.2) is 71.3 Å². The number of hydrogen-bond acceptors (Lipinski definition) is 6. The number of pyridine rings is 1. The zero-order valence-corrected chi connectivity index (χ0v) is 15.5. The normalized spacial score (nSPS) is 15.4. The molecule has 0 aliphatic carbocycles. The van der Waals surface area contributed by atoms with Gasteiger partial charge in [-0.05, 0) is 32.0 Å². The summed E-state index contributed by atoms with van der Waals surface area (Å²) in [6.45, 7) is 3.81. The second kappa shape index (κ2) is 6.51. The van der Waals surface area contributed by atoms with Gasteiger partial charge in [-0.1, -0.05) is 6.07 Å². The van der Waals surface area contributed by atoms with E-state index in [0.29, 0.717) is 17.1 Å². The van der Waals surface area contributed by atoms with Crippen LogP contribution in [0.2, 0.25) is 0 Å². The average molecular weight is 383 g/mol. The van der Waals surface area contributed by atoms with Crippen molar-refractivity contribution in [1.82, 2.24) is 14.5 Å². The highest BCUT2D eigenvalue weighted by Gasteiger charge is 2.36. The highest BCUT2D eigenvalue weighted by atomic mass is 32.2. The minimum absolute atomic E-state index is 0.0371. The first-order valence-corrected chi connectivity index (χ1v) is 9.74. The van der Waals surface area contributed by atoms with Crippen molar-refractivity contribution in [2.75, 3.05) is 4.31 Å². The fourth-order valence-electron chi connectivity index (χ4n) is 2.77. The third kappa shape index (κ3) is 3.06. The van der Waals surface area contributed by atoms with E-state index in [1.54, 1.807) is 47.3 Å². The lowest BCUT2D eigenvalue weighted by Gasteiger charge is -2.29. The van der Waals surface area contributed by atoms with E-state index in [4.69, 9.17) is 4.74 Å². The molecule has 0 saturated heterocycles. The summed E-state index contributed by atoms with van der Waals surface area (Å²) >= 11 is 0. The van der Waals surface area contributed by atoms with Crippen molar-refractivity contribution in [1.29, 1.82) is 0 Å². The van der Waals surface area contributed by atoms with Crippen LogP contribution in [-0.4, -0.2) is 35.0 Å². The number of anilines is 1. The van der Waals surface area contributed by atoms with Gasteiger partial charge in [-0.2, -0.15) is 0 Å². The van der Waals surface area contributed by atoms with E-state index in [2.05, 4.69) is 15.0 Å².